The second-order valence-corrected chi connectivity index (χ2v) is 4.63. The molecule has 100 valence electrons. The highest BCUT2D eigenvalue weighted by atomic mass is 35.5. The normalized spacial score (nSPS) is 10.7. The third kappa shape index (κ3) is 2.61. The fourth-order valence-corrected chi connectivity index (χ4v) is 1.93. The lowest BCUT2D eigenvalue weighted by Crippen LogP contribution is -2.07. The summed E-state index contributed by atoms with van der Waals surface area (Å²) >= 11 is 6.02. The molecule has 1 N–H and O–H groups in total. The Balaban J connectivity index is 2.33. The summed E-state index contributed by atoms with van der Waals surface area (Å²) in [6.45, 7) is 3.78. The van der Waals surface area contributed by atoms with E-state index in [4.69, 9.17) is 16.7 Å². The minimum absolute atomic E-state index is 0.0762. The third-order valence-corrected chi connectivity index (χ3v) is 3.46. The standard InChI is InChI=1S/C13H12ClFN2O2/c1-7-12(14)8(2)17(16-7)6-10-4-3-9(13(18)19)5-11(10)15/h3-5H,6H2,1-2H3,(H,18,19). The first-order valence-corrected chi connectivity index (χ1v) is 5.99. The number of benzene rings is 1. The van der Waals surface area contributed by atoms with Crippen LogP contribution in [0.1, 0.15) is 27.3 Å². The number of aromatic carboxylic acids is 1. The number of carbonyl (C=O) groups is 1. The lowest BCUT2D eigenvalue weighted by Gasteiger charge is -2.06. The van der Waals surface area contributed by atoms with E-state index in [2.05, 4.69) is 5.10 Å². The number of halogens is 2. The van der Waals surface area contributed by atoms with Gasteiger partial charge in [-0.25, -0.2) is 9.18 Å². The second-order valence-electron chi connectivity index (χ2n) is 4.25. The molecule has 0 aliphatic rings. The molecule has 0 radical (unpaired) electrons. The summed E-state index contributed by atoms with van der Waals surface area (Å²) in [5, 5.41) is 13.5. The summed E-state index contributed by atoms with van der Waals surface area (Å²) in [5.74, 6) is -1.72. The number of carboxylic acids is 1. The highest BCUT2D eigenvalue weighted by Crippen LogP contribution is 2.20. The van der Waals surface area contributed by atoms with Crippen molar-refractivity contribution in [3.05, 3.63) is 51.6 Å². The molecule has 1 aromatic carbocycles. The first-order valence-electron chi connectivity index (χ1n) is 5.61. The molecule has 0 bridgehead atoms. The quantitative estimate of drug-likeness (QED) is 0.941. The number of hydrogen-bond donors (Lipinski definition) is 1. The number of hydrogen-bond acceptors (Lipinski definition) is 2. The van der Waals surface area contributed by atoms with Gasteiger partial charge in [-0.3, -0.25) is 4.68 Å². The van der Waals surface area contributed by atoms with E-state index in [-0.39, 0.29) is 12.1 Å². The molecular formula is C13H12ClFN2O2. The van der Waals surface area contributed by atoms with Crippen LogP contribution in [-0.4, -0.2) is 20.9 Å². The molecule has 0 spiro atoms. The molecule has 0 saturated heterocycles. The Hall–Kier alpha value is -1.88. The molecule has 2 aromatic rings. The van der Waals surface area contributed by atoms with Crippen molar-refractivity contribution < 1.29 is 14.3 Å². The van der Waals surface area contributed by atoms with Crippen molar-refractivity contribution in [3.8, 4) is 0 Å². The van der Waals surface area contributed by atoms with Crippen LogP contribution in [0, 0.1) is 19.7 Å². The fraction of sp³-hybridized carbons (Fsp3) is 0.231. The number of aryl methyl sites for hydroxylation is 1. The second kappa shape index (κ2) is 5.01. The van der Waals surface area contributed by atoms with Crippen molar-refractivity contribution in [2.24, 2.45) is 0 Å². The Kier molecular flexibility index (Phi) is 3.57. The van der Waals surface area contributed by atoms with Gasteiger partial charge in [-0.1, -0.05) is 17.7 Å². The molecule has 0 aliphatic heterocycles. The van der Waals surface area contributed by atoms with Crippen LogP contribution in [0.2, 0.25) is 5.02 Å². The topological polar surface area (TPSA) is 55.1 Å². The Morgan fingerprint density at radius 2 is 2.16 bits per heavy atom. The molecule has 1 aromatic heterocycles. The Bertz CT molecular complexity index is 652. The molecule has 0 aliphatic carbocycles. The smallest absolute Gasteiger partial charge is 0.335 e. The molecule has 19 heavy (non-hydrogen) atoms. The minimum Gasteiger partial charge on any atom is -0.478 e. The van der Waals surface area contributed by atoms with E-state index in [0.717, 1.165) is 11.8 Å². The molecule has 0 unspecified atom stereocenters. The van der Waals surface area contributed by atoms with Gasteiger partial charge in [0.2, 0.25) is 0 Å². The van der Waals surface area contributed by atoms with Crippen molar-refractivity contribution >= 4 is 17.6 Å². The van der Waals surface area contributed by atoms with E-state index in [1.54, 1.807) is 18.5 Å². The van der Waals surface area contributed by atoms with Gasteiger partial charge in [0.05, 0.1) is 28.5 Å². The summed E-state index contributed by atoms with van der Waals surface area (Å²) in [4.78, 5) is 10.7. The van der Waals surface area contributed by atoms with E-state index < -0.39 is 11.8 Å². The van der Waals surface area contributed by atoms with Crippen molar-refractivity contribution in [2.75, 3.05) is 0 Å². The zero-order valence-corrected chi connectivity index (χ0v) is 11.2. The van der Waals surface area contributed by atoms with Crippen LogP contribution in [0.4, 0.5) is 4.39 Å². The number of nitrogens with zero attached hydrogens (tertiary/aromatic N) is 2. The highest BCUT2D eigenvalue weighted by molar-refractivity contribution is 6.31. The van der Waals surface area contributed by atoms with Gasteiger partial charge in [0, 0.05) is 5.56 Å². The first-order chi connectivity index (χ1) is 8.90. The summed E-state index contributed by atoms with van der Waals surface area (Å²) < 4.78 is 15.4. The van der Waals surface area contributed by atoms with Gasteiger partial charge in [0.25, 0.3) is 0 Å². The molecule has 0 amide bonds. The van der Waals surface area contributed by atoms with Gasteiger partial charge in [-0.15, -0.1) is 0 Å². The van der Waals surface area contributed by atoms with E-state index in [1.807, 2.05) is 0 Å². The number of rotatable bonds is 3. The predicted octanol–water partition coefficient (Wildman–Crippen LogP) is 3.04. The van der Waals surface area contributed by atoms with E-state index in [0.29, 0.717) is 16.3 Å². The van der Waals surface area contributed by atoms with Crippen LogP contribution < -0.4 is 0 Å². The summed E-state index contributed by atoms with van der Waals surface area (Å²) in [6.07, 6.45) is 0. The molecule has 0 fully saturated rings. The largest absolute Gasteiger partial charge is 0.478 e. The predicted molar refractivity (Wildman–Crippen MR) is 69.2 cm³/mol. The molecular weight excluding hydrogens is 271 g/mol. The SMILES string of the molecule is Cc1nn(Cc2ccc(C(=O)O)cc2F)c(C)c1Cl. The summed E-state index contributed by atoms with van der Waals surface area (Å²) in [6, 6.07) is 3.82. The lowest BCUT2D eigenvalue weighted by atomic mass is 10.1. The molecule has 2 rings (SSSR count). The number of aromatic nitrogens is 2. The van der Waals surface area contributed by atoms with Crippen LogP contribution in [0.25, 0.3) is 0 Å². The fourth-order valence-electron chi connectivity index (χ4n) is 1.80. The maximum atomic E-state index is 13.8. The Labute approximate surface area is 114 Å². The zero-order chi connectivity index (χ0) is 14.2. The van der Waals surface area contributed by atoms with Crippen molar-refractivity contribution in [2.45, 2.75) is 20.4 Å². The van der Waals surface area contributed by atoms with E-state index in [1.165, 1.54) is 12.1 Å². The van der Waals surface area contributed by atoms with Gasteiger partial charge < -0.3 is 5.11 Å². The van der Waals surface area contributed by atoms with E-state index >= 15 is 0 Å². The number of carboxylic acid groups (broad SMARTS) is 1. The zero-order valence-electron chi connectivity index (χ0n) is 10.4. The van der Waals surface area contributed by atoms with Gasteiger partial charge in [0.1, 0.15) is 5.82 Å². The third-order valence-electron chi connectivity index (χ3n) is 2.91. The van der Waals surface area contributed by atoms with Crippen molar-refractivity contribution in [1.82, 2.24) is 9.78 Å². The van der Waals surface area contributed by atoms with Gasteiger partial charge in [-0.05, 0) is 26.0 Å². The van der Waals surface area contributed by atoms with Crippen molar-refractivity contribution in [3.63, 3.8) is 0 Å². The molecule has 4 nitrogen and oxygen atoms in total. The molecule has 1 heterocycles. The Morgan fingerprint density at radius 1 is 1.47 bits per heavy atom. The van der Waals surface area contributed by atoms with Crippen LogP contribution >= 0.6 is 11.6 Å². The van der Waals surface area contributed by atoms with Gasteiger partial charge in [-0.2, -0.15) is 5.10 Å². The minimum atomic E-state index is -1.15. The average Bonchev–Trinajstić information content (AvgIpc) is 2.59. The van der Waals surface area contributed by atoms with Crippen LogP contribution in [-0.2, 0) is 6.54 Å². The van der Waals surface area contributed by atoms with Crippen LogP contribution in [0.3, 0.4) is 0 Å². The first kappa shape index (κ1) is 13.5. The average molecular weight is 283 g/mol. The lowest BCUT2D eigenvalue weighted by molar-refractivity contribution is 0.0696. The Morgan fingerprint density at radius 3 is 2.63 bits per heavy atom. The van der Waals surface area contributed by atoms with Crippen molar-refractivity contribution in [1.29, 1.82) is 0 Å². The van der Waals surface area contributed by atoms with E-state index in [9.17, 15) is 9.18 Å². The van der Waals surface area contributed by atoms with Crippen LogP contribution in [0.5, 0.6) is 0 Å². The molecule has 0 atom stereocenters. The molecule has 0 saturated carbocycles. The maximum Gasteiger partial charge on any atom is 0.335 e. The van der Waals surface area contributed by atoms with Gasteiger partial charge in [0.15, 0.2) is 0 Å². The summed E-state index contributed by atoms with van der Waals surface area (Å²) in [7, 11) is 0. The molecule has 6 heteroatoms. The summed E-state index contributed by atoms with van der Waals surface area (Å²) in [5.41, 5.74) is 1.72. The van der Waals surface area contributed by atoms with Gasteiger partial charge >= 0.3 is 5.97 Å². The maximum absolute atomic E-state index is 13.8. The van der Waals surface area contributed by atoms with Crippen LogP contribution in [0.15, 0.2) is 18.2 Å². The highest BCUT2D eigenvalue weighted by Gasteiger charge is 2.13. The monoisotopic (exact) mass is 282 g/mol.